The van der Waals surface area contributed by atoms with Crippen LogP contribution in [0.15, 0.2) is 59.2 Å². The van der Waals surface area contributed by atoms with E-state index >= 15 is 0 Å². The van der Waals surface area contributed by atoms with Gasteiger partial charge >= 0.3 is 153 Å². The summed E-state index contributed by atoms with van der Waals surface area (Å²) in [5, 5.41) is 0.954. The van der Waals surface area contributed by atoms with Crippen LogP contribution in [0.3, 0.4) is 0 Å². The van der Waals surface area contributed by atoms with Crippen molar-refractivity contribution in [3.63, 3.8) is 0 Å². The first-order valence-corrected chi connectivity index (χ1v) is 10.1. The molecule has 0 bridgehead atoms. The minimum absolute atomic E-state index is 0.274. The summed E-state index contributed by atoms with van der Waals surface area (Å²) in [7, 11) is 1.71. The number of fused-ring (bicyclic) bond motifs is 1. The summed E-state index contributed by atoms with van der Waals surface area (Å²) in [4.78, 5) is 0. The van der Waals surface area contributed by atoms with Gasteiger partial charge in [0.15, 0.2) is 0 Å². The first-order valence-electron chi connectivity index (χ1n) is 8.01. The second-order valence-corrected chi connectivity index (χ2v) is 7.87. The van der Waals surface area contributed by atoms with Crippen molar-refractivity contribution in [2.75, 3.05) is 13.9 Å². The molecule has 2 heterocycles. The van der Waals surface area contributed by atoms with Crippen LogP contribution in [-0.2, 0) is 16.7 Å². The second-order valence-electron chi connectivity index (χ2n) is 5.67. The van der Waals surface area contributed by atoms with Gasteiger partial charge in [-0.1, -0.05) is 0 Å². The Bertz CT molecular complexity index is 857. The van der Waals surface area contributed by atoms with Gasteiger partial charge in [-0.25, -0.2) is 0 Å². The summed E-state index contributed by atoms with van der Waals surface area (Å²) in [6, 6.07) is 16.5. The quantitative estimate of drug-likeness (QED) is 0.594. The van der Waals surface area contributed by atoms with E-state index in [2.05, 4.69) is 24.3 Å². The van der Waals surface area contributed by atoms with Crippen LogP contribution in [0.25, 0.3) is 11.3 Å². The van der Waals surface area contributed by atoms with Crippen molar-refractivity contribution in [2.24, 2.45) is 0 Å². The molecule has 1 aromatic heterocycles. The molecule has 0 spiro atoms. The first kappa shape index (κ1) is 16.3. The number of ether oxygens (including phenoxy) is 3. The van der Waals surface area contributed by atoms with E-state index in [9.17, 15) is 0 Å². The van der Waals surface area contributed by atoms with Crippen molar-refractivity contribution in [1.82, 2.24) is 0 Å². The van der Waals surface area contributed by atoms with E-state index in [1.165, 1.54) is 10.0 Å². The molecule has 0 saturated heterocycles. The molecule has 4 rings (SSSR count). The van der Waals surface area contributed by atoms with Gasteiger partial charge in [0, 0.05) is 0 Å². The van der Waals surface area contributed by atoms with E-state index in [-0.39, 0.29) is 6.79 Å². The Morgan fingerprint density at radius 1 is 1.04 bits per heavy atom. The van der Waals surface area contributed by atoms with Crippen LogP contribution in [0.1, 0.15) is 11.1 Å². The van der Waals surface area contributed by atoms with Crippen molar-refractivity contribution >= 4 is 19.4 Å². The molecule has 0 radical (unpaired) electrons. The molecule has 0 saturated carbocycles. The third-order valence-electron chi connectivity index (χ3n) is 4.04. The molecule has 1 aliphatic heterocycles. The molecule has 0 atom stereocenters. The predicted octanol–water partition coefficient (Wildman–Crippen LogP) is 3.35. The summed E-state index contributed by atoms with van der Waals surface area (Å²) < 4.78 is 23.5. The SMILES string of the molecule is COCc1coc(-c2ccc3c(c2)OCO3)c1C[Se]c1ccccc1. The van der Waals surface area contributed by atoms with Gasteiger partial charge < -0.3 is 0 Å². The third-order valence-corrected chi connectivity index (χ3v) is 6.22. The Hall–Kier alpha value is -2.20. The normalized spacial score (nSPS) is 12.5. The standard InChI is InChI=1S/C20H18O4Se/c1-21-10-15-11-22-20(14-7-8-18-19(9-14)24-13-23-18)17(15)12-25-16-5-3-2-4-6-16/h2-9,11H,10,12-13H2,1H3. The fourth-order valence-corrected chi connectivity index (χ4v) is 4.86. The summed E-state index contributed by atoms with van der Waals surface area (Å²) in [6.07, 6.45) is 1.81. The summed E-state index contributed by atoms with van der Waals surface area (Å²) >= 11 is 0.332. The van der Waals surface area contributed by atoms with Crippen LogP contribution in [-0.4, -0.2) is 28.9 Å². The topological polar surface area (TPSA) is 40.8 Å². The van der Waals surface area contributed by atoms with Gasteiger partial charge in [0.1, 0.15) is 0 Å². The fraction of sp³-hybridized carbons (Fsp3) is 0.200. The zero-order valence-corrected chi connectivity index (χ0v) is 15.6. The summed E-state index contributed by atoms with van der Waals surface area (Å²) in [5.74, 6) is 2.44. The second kappa shape index (κ2) is 7.36. The van der Waals surface area contributed by atoms with Crippen molar-refractivity contribution < 1.29 is 18.6 Å². The minimum atomic E-state index is 0.274. The molecule has 2 aromatic carbocycles. The van der Waals surface area contributed by atoms with E-state index in [0.29, 0.717) is 21.6 Å². The molecule has 128 valence electrons. The monoisotopic (exact) mass is 402 g/mol. The Balaban J connectivity index is 1.65. The van der Waals surface area contributed by atoms with Gasteiger partial charge in [-0.05, 0) is 0 Å². The molecule has 1 aliphatic rings. The summed E-state index contributed by atoms with van der Waals surface area (Å²) in [5.41, 5.74) is 3.32. The molecular weight excluding hydrogens is 383 g/mol. The molecule has 0 unspecified atom stereocenters. The molecule has 3 aromatic rings. The molecule has 0 aliphatic carbocycles. The van der Waals surface area contributed by atoms with Crippen molar-refractivity contribution in [3.05, 3.63) is 65.9 Å². The summed E-state index contributed by atoms with van der Waals surface area (Å²) in [6.45, 7) is 0.824. The Labute approximate surface area is 152 Å². The Morgan fingerprint density at radius 2 is 1.88 bits per heavy atom. The molecule has 25 heavy (non-hydrogen) atoms. The Kier molecular flexibility index (Phi) is 4.79. The van der Waals surface area contributed by atoms with Gasteiger partial charge in [0.05, 0.1) is 0 Å². The van der Waals surface area contributed by atoms with Crippen molar-refractivity contribution in [2.45, 2.75) is 11.9 Å². The number of hydrogen-bond acceptors (Lipinski definition) is 4. The Morgan fingerprint density at radius 3 is 2.72 bits per heavy atom. The van der Waals surface area contributed by atoms with Gasteiger partial charge in [-0.3, -0.25) is 0 Å². The van der Waals surface area contributed by atoms with Crippen molar-refractivity contribution in [1.29, 1.82) is 0 Å². The number of benzene rings is 2. The van der Waals surface area contributed by atoms with Crippen LogP contribution >= 0.6 is 0 Å². The molecule has 4 nitrogen and oxygen atoms in total. The molecule has 0 N–H and O–H groups in total. The predicted molar refractivity (Wildman–Crippen MR) is 96.5 cm³/mol. The zero-order chi connectivity index (χ0) is 17.1. The van der Waals surface area contributed by atoms with E-state index < -0.39 is 0 Å². The van der Waals surface area contributed by atoms with E-state index in [4.69, 9.17) is 18.6 Å². The number of rotatable bonds is 6. The maximum absolute atomic E-state index is 5.92. The zero-order valence-electron chi connectivity index (χ0n) is 13.9. The average Bonchev–Trinajstić information content (AvgIpc) is 3.27. The fourth-order valence-electron chi connectivity index (χ4n) is 2.81. The van der Waals surface area contributed by atoms with Gasteiger partial charge in [0.2, 0.25) is 0 Å². The van der Waals surface area contributed by atoms with Gasteiger partial charge in [-0.15, -0.1) is 0 Å². The van der Waals surface area contributed by atoms with Gasteiger partial charge in [-0.2, -0.15) is 0 Å². The van der Waals surface area contributed by atoms with E-state index in [1.807, 2.05) is 24.3 Å². The van der Waals surface area contributed by atoms with Gasteiger partial charge in [0.25, 0.3) is 0 Å². The maximum atomic E-state index is 5.92. The molecule has 0 amide bonds. The first-order chi connectivity index (χ1) is 12.3. The third kappa shape index (κ3) is 3.45. The van der Waals surface area contributed by atoms with Crippen molar-refractivity contribution in [3.8, 4) is 22.8 Å². The number of hydrogen-bond donors (Lipinski definition) is 0. The van der Waals surface area contributed by atoms with Crippen LogP contribution in [0, 0.1) is 0 Å². The molecular formula is C20H18O4Se. The van der Waals surface area contributed by atoms with Crippen LogP contribution in [0.2, 0.25) is 0 Å². The van der Waals surface area contributed by atoms with E-state index in [1.54, 1.807) is 13.4 Å². The van der Waals surface area contributed by atoms with Crippen LogP contribution in [0.5, 0.6) is 11.5 Å². The van der Waals surface area contributed by atoms with Crippen LogP contribution in [0.4, 0.5) is 0 Å². The average molecular weight is 401 g/mol. The molecule has 5 heteroatoms. The van der Waals surface area contributed by atoms with Crippen LogP contribution < -0.4 is 13.9 Å². The molecule has 0 fully saturated rings. The van der Waals surface area contributed by atoms with E-state index in [0.717, 1.165) is 33.7 Å². The number of methoxy groups -OCH3 is 1. The number of furan rings is 1.